The molecule has 0 rings (SSSR count). The van der Waals surface area contributed by atoms with Gasteiger partial charge in [-0.05, 0) is 0 Å². The van der Waals surface area contributed by atoms with Gasteiger partial charge in [0.15, 0.2) is 0 Å². The zero-order valence-electron chi connectivity index (χ0n) is 3.79. The average molecular weight is 118 g/mol. The molecule has 1 N–H and O–H groups in total. The Hall–Kier alpha value is -0.0900. The molecule has 0 spiro atoms. The smallest absolute Gasteiger partial charge is 0.138 e. The van der Waals surface area contributed by atoms with Gasteiger partial charge in [0.1, 0.15) is 6.10 Å². The van der Waals surface area contributed by atoms with Crippen LogP contribution in [0.1, 0.15) is 0 Å². The van der Waals surface area contributed by atoms with Crippen molar-refractivity contribution in [1.29, 1.82) is 0 Å². The fourth-order valence-electron chi connectivity index (χ4n) is 0.139. The Labute approximate surface area is 45.2 Å². The van der Waals surface area contributed by atoms with Crippen LogP contribution in [0.25, 0.3) is 0 Å². The van der Waals surface area contributed by atoms with E-state index in [-0.39, 0.29) is 6.61 Å². The van der Waals surface area contributed by atoms with E-state index >= 15 is 0 Å². The molecular formula is C4H7O2P. The van der Waals surface area contributed by atoms with E-state index in [0.717, 1.165) is 0 Å². The van der Waals surface area contributed by atoms with Crippen LogP contribution in [0.2, 0.25) is 0 Å². The van der Waals surface area contributed by atoms with Crippen molar-refractivity contribution in [2.24, 2.45) is 0 Å². The highest BCUT2D eigenvalue weighted by Crippen LogP contribution is 1.87. The Morgan fingerprint density at radius 1 is 2.00 bits per heavy atom. The van der Waals surface area contributed by atoms with Crippen molar-refractivity contribution in [1.82, 2.24) is 0 Å². The topological polar surface area (TPSA) is 29.5 Å². The summed E-state index contributed by atoms with van der Waals surface area (Å²) in [6, 6.07) is 0. The molecule has 40 valence electrons. The summed E-state index contributed by atoms with van der Waals surface area (Å²) in [6.07, 6.45) is 4.00. The van der Waals surface area contributed by atoms with Crippen molar-refractivity contribution in [2.45, 2.75) is 6.10 Å². The van der Waals surface area contributed by atoms with Gasteiger partial charge in [0.05, 0.1) is 6.61 Å². The maximum Gasteiger partial charge on any atom is 0.138 e. The van der Waals surface area contributed by atoms with E-state index in [2.05, 4.69) is 10.4 Å². The van der Waals surface area contributed by atoms with Crippen molar-refractivity contribution in [3.8, 4) is 12.3 Å². The first-order valence-corrected chi connectivity index (χ1v) is 2.24. The van der Waals surface area contributed by atoms with Crippen LogP contribution in [-0.4, -0.2) is 17.8 Å². The van der Waals surface area contributed by atoms with E-state index in [1.54, 1.807) is 0 Å². The van der Waals surface area contributed by atoms with E-state index in [4.69, 9.17) is 11.5 Å². The molecule has 0 aliphatic carbocycles. The van der Waals surface area contributed by atoms with E-state index in [1.165, 1.54) is 0 Å². The van der Waals surface area contributed by atoms with Crippen LogP contribution in [0.3, 0.4) is 0 Å². The van der Waals surface area contributed by atoms with E-state index in [0.29, 0.717) is 0 Å². The van der Waals surface area contributed by atoms with Crippen molar-refractivity contribution in [3.05, 3.63) is 0 Å². The molecule has 7 heavy (non-hydrogen) atoms. The predicted octanol–water partition coefficient (Wildman–Crippen LogP) is -0.213. The van der Waals surface area contributed by atoms with Crippen molar-refractivity contribution in [2.75, 3.05) is 6.61 Å². The van der Waals surface area contributed by atoms with Gasteiger partial charge >= 0.3 is 0 Å². The van der Waals surface area contributed by atoms with Gasteiger partial charge in [-0.2, -0.15) is 0 Å². The Kier molecular flexibility index (Phi) is 4.03. The van der Waals surface area contributed by atoms with Crippen molar-refractivity contribution >= 4 is 9.47 Å². The summed E-state index contributed by atoms with van der Waals surface area (Å²) in [5.41, 5.74) is 0. The number of aliphatic hydroxyl groups excluding tert-OH is 1. The second-order valence-electron chi connectivity index (χ2n) is 1.02. The van der Waals surface area contributed by atoms with Crippen LogP contribution in [0.4, 0.5) is 0 Å². The van der Waals surface area contributed by atoms with Crippen LogP contribution in [0.5, 0.6) is 0 Å². The van der Waals surface area contributed by atoms with Gasteiger partial charge in [0.2, 0.25) is 0 Å². The van der Waals surface area contributed by atoms with Crippen LogP contribution in [0, 0.1) is 12.3 Å². The third kappa shape index (κ3) is 3.75. The van der Waals surface area contributed by atoms with Crippen molar-refractivity contribution < 1.29 is 9.63 Å². The molecule has 0 fully saturated rings. The third-order valence-corrected chi connectivity index (χ3v) is 0.639. The first kappa shape index (κ1) is 6.91. The summed E-state index contributed by atoms with van der Waals surface area (Å²) in [6.45, 7) is 0.182. The second-order valence-corrected chi connectivity index (χ2v) is 1.35. The Morgan fingerprint density at radius 3 is 2.71 bits per heavy atom. The minimum Gasteiger partial charge on any atom is -0.378 e. The molecule has 0 heterocycles. The summed E-state index contributed by atoms with van der Waals surface area (Å²) in [4.78, 5) is 0. The number of terminal acetylenes is 1. The lowest BCUT2D eigenvalue weighted by atomic mass is 10.4. The molecule has 0 amide bonds. The largest absolute Gasteiger partial charge is 0.378 e. The van der Waals surface area contributed by atoms with Crippen LogP contribution >= 0.6 is 9.47 Å². The quantitative estimate of drug-likeness (QED) is 0.401. The number of hydrogen-bond donors (Lipinski definition) is 1. The lowest BCUT2D eigenvalue weighted by Crippen LogP contribution is -2.07. The van der Waals surface area contributed by atoms with Gasteiger partial charge in [-0.25, -0.2) is 0 Å². The van der Waals surface area contributed by atoms with Crippen LogP contribution in [-0.2, 0) is 4.52 Å². The second kappa shape index (κ2) is 4.08. The summed E-state index contributed by atoms with van der Waals surface area (Å²) >= 11 is 0. The standard InChI is InChI=1S/C4H7O2P/c1-2-4(5)3-6-7/h1,4-5H,3,7H2/t4-/m0/s1. The fourth-order valence-corrected chi connectivity index (χ4v) is 0.322. The molecular weight excluding hydrogens is 111 g/mol. The summed E-state index contributed by atoms with van der Waals surface area (Å²) in [5.74, 6) is 2.08. The highest BCUT2D eigenvalue weighted by molar-refractivity contribution is 7.09. The molecule has 0 radical (unpaired) electrons. The zero-order chi connectivity index (χ0) is 5.70. The number of hydrogen-bond acceptors (Lipinski definition) is 2. The molecule has 0 aromatic carbocycles. The molecule has 0 aromatic rings. The van der Waals surface area contributed by atoms with Gasteiger partial charge < -0.3 is 9.63 Å². The maximum absolute atomic E-state index is 8.48. The molecule has 1 unspecified atom stereocenters. The normalized spacial score (nSPS) is 12.7. The van der Waals surface area contributed by atoms with Gasteiger partial charge in [0, 0.05) is 9.47 Å². The Bertz CT molecular complexity index is 76.2. The molecule has 0 aromatic heterocycles. The average Bonchev–Trinajstić information content (AvgIpc) is 1.68. The van der Waals surface area contributed by atoms with E-state index in [9.17, 15) is 0 Å². The first-order chi connectivity index (χ1) is 3.31. The molecule has 0 saturated heterocycles. The Morgan fingerprint density at radius 2 is 2.57 bits per heavy atom. The molecule has 3 heteroatoms. The third-order valence-electron chi connectivity index (χ3n) is 0.446. The first-order valence-electron chi connectivity index (χ1n) is 1.77. The lowest BCUT2D eigenvalue weighted by Gasteiger charge is -1.96. The van der Waals surface area contributed by atoms with Gasteiger partial charge in [-0.3, -0.25) is 0 Å². The molecule has 2 atom stereocenters. The minimum absolute atomic E-state index is 0.182. The summed E-state index contributed by atoms with van der Waals surface area (Å²) < 4.78 is 4.42. The monoisotopic (exact) mass is 118 g/mol. The summed E-state index contributed by atoms with van der Waals surface area (Å²) in [5, 5.41) is 8.48. The Balaban J connectivity index is 3.04. The molecule has 2 nitrogen and oxygen atoms in total. The van der Waals surface area contributed by atoms with Crippen LogP contribution < -0.4 is 0 Å². The van der Waals surface area contributed by atoms with Crippen molar-refractivity contribution in [3.63, 3.8) is 0 Å². The highest BCUT2D eigenvalue weighted by atomic mass is 31.0. The van der Waals surface area contributed by atoms with E-state index < -0.39 is 6.10 Å². The number of aliphatic hydroxyl groups is 1. The zero-order valence-corrected chi connectivity index (χ0v) is 4.95. The molecule has 0 bridgehead atoms. The molecule has 0 saturated carbocycles. The van der Waals surface area contributed by atoms with E-state index in [1.807, 2.05) is 9.47 Å². The van der Waals surface area contributed by atoms with Gasteiger partial charge in [-0.15, -0.1) is 6.42 Å². The molecule has 0 aliphatic rings. The minimum atomic E-state index is -0.766. The number of rotatable bonds is 2. The SMILES string of the molecule is C#C[C@H](O)COP. The molecule has 0 aliphatic heterocycles. The predicted molar refractivity (Wildman–Crippen MR) is 30.5 cm³/mol. The van der Waals surface area contributed by atoms with Gasteiger partial charge in [0.25, 0.3) is 0 Å². The lowest BCUT2D eigenvalue weighted by molar-refractivity contribution is 0.165. The highest BCUT2D eigenvalue weighted by Gasteiger charge is 1.92. The summed E-state index contributed by atoms with van der Waals surface area (Å²) in [7, 11) is 2.00. The van der Waals surface area contributed by atoms with Gasteiger partial charge in [-0.1, -0.05) is 5.92 Å². The fraction of sp³-hybridized carbons (Fsp3) is 0.500. The van der Waals surface area contributed by atoms with Crippen LogP contribution in [0.15, 0.2) is 0 Å². The maximum atomic E-state index is 8.48.